The smallest absolute Gasteiger partial charge is 0.127 e. The molecule has 0 unspecified atom stereocenters. The predicted octanol–water partition coefficient (Wildman–Crippen LogP) is 4.09. The third-order valence-electron chi connectivity index (χ3n) is 3.00. The van der Waals surface area contributed by atoms with E-state index in [9.17, 15) is 0 Å². The van der Waals surface area contributed by atoms with E-state index >= 15 is 0 Å². The van der Waals surface area contributed by atoms with Crippen LogP contribution in [0.15, 0.2) is 12.3 Å². The number of hydrogen-bond acceptors (Lipinski definition) is 3. The first-order valence-electron chi connectivity index (χ1n) is 7.40. The molecule has 1 rings (SSSR count). The van der Waals surface area contributed by atoms with E-state index in [1.165, 1.54) is 0 Å². The van der Waals surface area contributed by atoms with Crippen molar-refractivity contribution in [1.82, 2.24) is 10.3 Å². The lowest BCUT2D eigenvalue weighted by molar-refractivity contribution is 0.240. The van der Waals surface area contributed by atoms with E-state index in [1.807, 2.05) is 19.2 Å². The van der Waals surface area contributed by atoms with Gasteiger partial charge in [-0.1, -0.05) is 20.8 Å². The molecule has 0 spiro atoms. The average molecular weight is 278 g/mol. The average Bonchev–Trinajstić information content (AvgIpc) is 2.25. The summed E-state index contributed by atoms with van der Waals surface area (Å²) in [5.74, 6) is 0.957. The van der Waals surface area contributed by atoms with Crippen LogP contribution in [0.5, 0.6) is 5.75 Å². The lowest BCUT2D eigenvalue weighted by Gasteiger charge is -2.22. The van der Waals surface area contributed by atoms with Crippen LogP contribution < -0.4 is 10.1 Å². The highest BCUT2D eigenvalue weighted by molar-refractivity contribution is 5.32. The molecule has 0 aliphatic rings. The Morgan fingerprint density at radius 1 is 1.15 bits per heavy atom. The Balaban J connectivity index is 2.70. The standard InChI is InChI=1S/C17H30N2O/c1-13-10-15(20-9-8-16(2,3)4)14(11-18-13)12-19-17(5,6)7/h10-11,19H,8-9,12H2,1-7H3. The van der Waals surface area contributed by atoms with Crippen molar-refractivity contribution < 1.29 is 4.74 Å². The van der Waals surface area contributed by atoms with Crippen LogP contribution in [0.1, 0.15) is 59.2 Å². The summed E-state index contributed by atoms with van der Waals surface area (Å²) < 4.78 is 5.98. The molecule has 0 fully saturated rings. The van der Waals surface area contributed by atoms with E-state index < -0.39 is 0 Å². The van der Waals surface area contributed by atoms with Crippen molar-refractivity contribution in [2.24, 2.45) is 5.41 Å². The molecule has 0 atom stereocenters. The van der Waals surface area contributed by atoms with Gasteiger partial charge >= 0.3 is 0 Å². The normalized spacial score (nSPS) is 12.6. The second-order valence-electron chi connectivity index (χ2n) is 7.70. The van der Waals surface area contributed by atoms with Crippen LogP contribution in [-0.4, -0.2) is 17.1 Å². The zero-order valence-corrected chi connectivity index (χ0v) is 14.1. The highest BCUT2D eigenvalue weighted by Gasteiger charge is 2.13. The molecule has 1 N–H and O–H groups in total. The molecule has 0 aliphatic heterocycles. The SMILES string of the molecule is Cc1cc(OCCC(C)(C)C)c(CNC(C)(C)C)cn1. The van der Waals surface area contributed by atoms with Gasteiger partial charge in [0.2, 0.25) is 0 Å². The summed E-state index contributed by atoms with van der Waals surface area (Å²) in [6, 6.07) is 2.03. The van der Waals surface area contributed by atoms with Crippen LogP contribution in [0.2, 0.25) is 0 Å². The Bertz CT molecular complexity index is 428. The maximum Gasteiger partial charge on any atom is 0.127 e. The summed E-state index contributed by atoms with van der Waals surface area (Å²) in [5, 5.41) is 3.48. The van der Waals surface area contributed by atoms with Gasteiger partial charge in [0, 0.05) is 35.6 Å². The van der Waals surface area contributed by atoms with Crippen molar-refractivity contribution in [2.45, 2.75) is 67.0 Å². The van der Waals surface area contributed by atoms with Gasteiger partial charge in [-0.2, -0.15) is 0 Å². The van der Waals surface area contributed by atoms with Gasteiger partial charge in [0.15, 0.2) is 0 Å². The molecule has 1 heterocycles. The molecule has 20 heavy (non-hydrogen) atoms. The largest absolute Gasteiger partial charge is 0.493 e. The molecular formula is C17H30N2O. The number of rotatable bonds is 5. The monoisotopic (exact) mass is 278 g/mol. The quantitative estimate of drug-likeness (QED) is 0.880. The predicted molar refractivity (Wildman–Crippen MR) is 85.1 cm³/mol. The molecule has 1 aromatic heterocycles. The van der Waals surface area contributed by atoms with E-state index in [0.29, 0.717) is 5.41 Å². The van der Waals surface area contributed by atoms with Crippen LogP contribution >= 0.6 is 0 Å². The van der Waals surface area contributed by atoms with Gasteiger partial charge in [-0.25, -0.2) is 0 Å². The zero-order valence-electron chi connectivity index (χ0n) is 14.1. The van der Waals surface area contributed by atoms with Crippen molar-refractivity contribution in [3.63, 3.8) is 0 Å². The minimum atomic E-state index is 0.0908. The lowest BCUT2D eigenvalue weighted by Crippen LogP contribution is -2.35. The molecule has 0 saturated carbocycles. The first-order valence-corrected chi connectivity index (χ1v) is 7.40. The van der Waals surface area contributed by atoms with E-state index in [2.05, 4.69) is 51.8 Å². The highest BCUT2D eigenvalue weighted by atomic mass is 16.5. The summed E-state index contributed by atoms with van der Waals surface area (Å²) in [6.45, 7) is 16.7. The van der Waals surface area contributed by atoms with Crippen molar-refractivity contribution in [3.8, 4) is 5.75 Å². The van der Waals surface area contributed by atoms with Gasteiger partial charge in [0.25, 0.3) is 0 Å². The summed E-state index contributed by atoms with van der Waals surface area (Å²) in [7, 11) is 0. The molecule has 0 bridgehead atoms. The number of ether oxygens (including phenoxy) is 1. The fraction of sp³-hybridized carbons (Fsp3) is 0.706. The third kappa shape index (κ3) is 6.90. The van der Waals surface area contributed by atoms with Crippen molar-refractivity contribution in [3.05, 3.63) is 23.5 Å². The first kappa shape index (κ1) is 17.0. The highest BCUT2D eigenvalue weighted by Crippen LogP contribution is 2.23. The Morgan fingerprint density at radius 3 is 2.35 bits per heavy atom. The Labute approximate surface area is 124 Å². The van der Waals surface area contributed by atoms with Crippen molar-refractivity contribution >= 4 is 0 Å². The fourth-order valence-corrected chi connectivity index (χ4v) is 1.66. The van der Waals surface area contributed by atoms with Gasteiger partial charge in [0.1, 0.15) is 5.75 Å². The summed E-state index contributed by atoms with van der Waals surface area (Å²) in [5.41, 5.74) is 2.51. The third-order valence-corrected chi connectivity index (χ3v) is 3.00. The molecule has 1 aromatic rings. The molecule has 0 radical (unpaired) electrons. The number of nitrogens with zero attached hydrogens (tertiary/aromatic N) is 1. The lowest BCUT2D eigenvalue weighted by atomic mass is 9.93. The minimum absolute atomic E-state index is 0.0908. The summed E-state index contributed by atoms with van der Waals surface area (Å²) >= 11 is 0. The summed E-state index contributed by atoms with van der Waals surface area (Å²) in [4.78, 5) is 4.38. The van der Waals surface area contributed by atoms with Crippen molar-refractivity contribution in [2.75, 3.05) is 6.61 Å². The first-order chi connectivity index (χ1) is 9.07. The van der Waals surface area contributed by atoms with Crippen LogP contribution in [-0.2, 0) is 6.54 Å². The summed E-state index contributed by atoms with van der Waals surface area (Å²) in [6.07, 6.45) is 2.96. The van der Waals surface area contributed by atoms with E-state index in [0.717, 1.165) is 36.6 Å². The van der Waals surface area contributed by atoms with Gasteiger partial charge in [-0.15, -0.1) is 0 Å². The number of aromatic nitrogens is 1. The molecule has 0 aliphatic carbocycles. The van der Waals surface area contributed by atoms with Crippen molar-refractivity contribution in [1.29, 1.82) is 0 Å². The van der Waals surface area contributed by atoms with Gasteiger partial charge in [-0.05, 0) is 39.5 Å². The topological polar surface area (TPSA) is 34.1 Å². The van der Waals surface area contributed by atoms with Crippen LogP contribution in [0, 0.1) is 12.3 Å². The number of nitrogens with one attached hydrogen (secondary N) is 1. The Morgan fingerprint density at radius 2 is 1.80 bits per heavy atom. The van der Waals surface area contributed by atoms with E-state index in [4.69, 9.17) is 4.74 Å². The van der Waals surface area contributed by atoms with Gasteiger partial charge in [-0.3, -0.25) is 4.98 Å². The maximum absolute atomic E-state index is 5.98. The molecular weight excluding hydrogens is 248 g/mol. The van der Waals surface area contributed by atoms with E-state index in [-0.39, 0.29) is 5.54 Å². The number of hydrogen-bond donors (Lipinski definition) is 1. The Hall–Kier alpha value is -1.09. The van der Waals surface area contributed by atoms with Crippen LogP contribution in [0.25, 0.3) is 0 Å². The zero-order chi connectivity index (χ0) is 15.4. The molecule has 0 saturated heterocycles. The second-order valence-corrected chi connectivity index (χ2v) is 7.70. The molecule has 0 amide bonds. The molecule has 114 valence electrons. The molecule has 3 heteroatoms. The van der Waals surface area contributed by atoms with Gasteiger partial charge in [0.05, 0.1) is 6.61 Å². The van der Waals surface area contributed by atoms with E-state index in [1.54, 1.807) is 0 Å². The van der Waals surface area contributed by atoms with Crippen LogP contribution in [0.3, 0.4) is 0 Å². The number of aryl methyl sites for hydroxylation is 1. The molecule has 0 aromatic carbocycles. The maximum atomic E-state index is 5.98. The van der Waals surface area contributed by atoms with Crippen LogP contribution in [0.4, 0.5) is 0 Å². The molecule has 3 nitrogen and oxygen atoms in total. The Kier molecular flexibility index (Phi) is 5.58. The fourth-order valence-electron chi connectivity index (χ4n) is 1.66. The number of pyridine rings is 1. The minimum Gasteiger partial charge on any atom is -0.493 e. The van der Waals surface area contributed by atoms with Gasteiger partial charge < -0.3 is 10.1 Å². The second kappa shape index (κ2) is 6.57.